The Hall–Kier alpha value is -13.0. The second kappa shape index (κ2) is 32.3. The Morgan fingerprint density at radius 3 is 1.19 bits per heavy atom. The molecule has 5 fully saturated rings. The van der Waals surface area contributed by atoms with E-state index in [1.807, 2.05) is 142 Å². The van der Waals surface area contributed by atoms with Crippen LogP contribution >= 0.6 is 0 Å². The van der Waals surface area contributed by atoms with Crippen LogP contribution in [0.3, 0.4) is 0 Å². The molecule has 6 aliphatic rings. The van der Waals surface area contributed by atoms with E-state index in [-0.39, 0.29) is 33.3 Å². The summed E-state index contributed by atoms with van der Waals surface area (Å²) >= 11 is 0. The average Bonchev–Trinajstić information content (AvgIpc) is 1.77. The highest BCUT2D eigenvalue weighted by Crippen LogP contribution is 2.37. The molecule has 16 aromatic heterocycles. The van der Waals surface area contributed by atoms with E-state index < -0.39 is 0 Å². The van der Waals surface area contributed by atoms with Crippen molar-refractivity contribution >= 4 is 67.3 Å². The number of nitrogens with zero attached hydrogens (tertiary/aromatic N) is 22. The summed E-state index contributed by atoms with van der Waals surface area (Å²) in [6.07, 6.45) is 23.0. The summed E-state index contributed by atoms with van der Waals surface area (Å²) in [5, 5.41) is 28.1. The molecule has 4 N–H and O–H groups in total. The summed E-state index contributed by atoms with van der Waals surface area (Å²) in [4.78, 5) is 96.5. The van der Waals surface area contributed by atoms with Crippen molar-refractivity contribution in [2.45, 2.75) is 146 Å². The Kier molecular flexibility index (Phi) is 21.1. The van der Waals surface area contributed by atoms with Gasteiger partial charge in [0.15, 0.2) is 0 Å². The molecule has 125 heavy (non-hydrogen) atoms. The topological polar surface area (TPSA) is 303 Å². The zero-order chi connectivity index (χ0) is 86.8. The van der Waals surface area contributed by atoms with Gasteiger partial charge in [0.2, 0.25) is 0 Å². The number of rotatable bonds is 11. The van der Waals surface area contributed by atoms with Crippen LogP contribution in [0.15, 0.2) is 178 Å². The maximum absolute atomic E-state index is 13.1. The van der Waals surface area contributed by atoms with Crippen LogP contribution in [0.5, 0.6) is 0 Å². The Balaban J connectivity index is 0.000000109. The molecule has 6 aliphatic heterocycles. The Morgan fingerprint density at radius 1 is 0.376 bits per heavy atom. The quantitative estimate of drug-likeness (QED) is 0.0935. The normalized spacial score (nSPS) is 19.6. The Bertz CT molecular complexity index is 7230. The summed E-state index contributed by atoms with van der Waals surface area (Å²) in [5.74, 6) is 2.81. The lowest BCUT2D eigenvalue weighted by atomic mass is 9.81. The SMILES string of the molecule is CCc1nc(C)cn2cc(-c3cc(=O)n4cc(N5C[C@@H](C)N[C@@H](C)C5)ccc4n3)cc12.CCc1nc(C)cn2nc(-c3cc(=O)n4cc(C5=CC(C)(C)NC(C)(C)C5)ccc4n3)cc12.CCc1nc(C)cn2nc(-c3cc(=O)n4cc(N5C[C@H]6CNC[C@H]6C5)ccc4n3)cc12.Cc1cn2nc(-c3cc(=O)n4cc(N5C[C@H]6CNC[C@H]6C5)ccc4n3)cc2c(C)n1. The fourth-order valence-corrected chi connectivity index (χ4v) is 19.7. The molecule has 0 spiro atoms. The van der Waals surface area contributed by atoms with Gasteiger partial charge in [0.05, 0.1) is 126 Å². The summed E-state index contributed by atoms with van der Waals surface area (Å²) in [6, 6.07) is 31.1. The van der Waals surface area contributed by atoms with Gasteiger partial charge >= 0.3 is 0 Å². The summed E-state index contributed by atoms with van der Waals surface area (Å²) < 4.78 is 14.1. The van der Waals surface area contributed by atoms with E-state index in [0.29, 0.717) is 98.2 Å². The summed E-state index contributed by atoms with van der Waals surface area (Å²) in [6.45, 7) is 39.6. The van der Waals surface area contributed by atoms with E-state index in [1.54, 1.807) is 46.4 Å². The lowest BCUT2D eigenvalue weighted by Gasteiger charge is -2.41. The van der Waals surface area contributed by atoms with Gasteiger partial charge in [-0.2, -0.15) is 15.3 Å². The molecule has 0 unspecified atom stereocenters. The monoisotopic (exact) mass is 1670 g/mol. The van der Waals surface area contributed by atoms with Gasteiger partial charge in [-0.25, -0.2) is 33.5 Å². The van der Waals surface area contributed by atoms with E-state index >= 15 is 0 Å². The molecule has 22 heterocycles. The number of piperazine rings is 1. The van der Waals surface area contributed by atoms with Crippen molar-refractivity contribution in [3.8, 4) is 45.4 Å². The van der Waals surface area contributed by atoms with E-state index in [2.05, 4.69) is 174 Å². The number of aromatic nitrogens is 19. The number of hydrogen-bond acceptors (Lipinski definition) is 22. The number of pyridine rings is 4. The Labute approximate surface area is 721 Å². The summed E-state index contributed by atoms with van der Waals surface area (Å²) in [7, 11) is 0. The van der Waals surface area contributed by atoms with Crippen molar-refractivity contribution in [2.75, 3.05) is 80.1 Å². The Morgan fingerprint density at radius 2 is 0.752 bits per heavy atom. The van der Waals surface area contributed by atoms with Gasteiger partial charge in [0.25, 0.3) is 22.2 Å². The molecule has 22 rings (SSSR count). The van der Waals surface area contributed by atoms with Crippen molar-refractivity contribution < 1.29 is 0 Å². The highest BCUT2D eigenvalue weighted by atomic mass is 16.1. The first kappa shape index (κ1) is 81.6. The average molecular weight is 1680 g/mol. The van der Waals surface area contributed by atoms with Gasteiger partial charge in [0.1, 0.15) is 39.7 Å². The van der Waals surface area contributed by atoms with Crippen molar-refractivity contribution in [3.63, 3.8) is 0 Å². The fourth-order valence-electron chi connectivity index (χ4n) is 19.7. The minimum Gasteiger partial charge on any atom is -0.370 e. The summed E-state index contributed by atoms with van der Waals surface area (Å²) in [5.41, 5.74) is 24.4. The number of aryl methyl sites for hydroxylation is 8. The third-order valence-electron chi connectivity index (χ3n) is 25.2. The van der Waals surface area contributed by atoms with E-state index in [0.717, 1.165) is 187 Å². The van der Waals surface area contributed by atoms with Gasteiger partial charge in [-0.1, -0.05) is 26.8 Å². The first-order valence-electron chi connectivity index (χ1n) is 43.7. The van der Waals surface area contributed by atoms with Crippen molar-refractivity contribution in [1.82, 2.24) is 112 Å². The van der Waals surface area contributed by atoms with Crippen molar-refractivity contribution in [2.24, 2.45) is 23.7 Å². The van der Waals surface area contributed by atoms with Crippen LogP contribution in [0, 0.1) is 58.3 Å². The van der Waals surface area contributed by atoms with Crippen LogP contribution in [-0.2, 0) is 19.3 Å². The highest BCUT2D eigenvalue weighted by molar-refractivity contribution is 5.74. The zero-order valence-corrected chi connectivity index (χ0v) is 73.3. The fraction of sp³-hybridized carbons (Fsp3) is 0.379. The number of fused-ring (bicyclic) bond motifs is 10. The van der Waals surface area contributed by atoms with Crippen molar-refractivity contribution in [3.05, 3.63) is 251 Å². The van der Waals surface area contributed by atoms with Gasteiger partial charge in [-0.05, 0) is 209 Å². The molecule has 16 aromatic rings. The van der Waals surface area contributed by atoms with Crippen LogP contribution in [0.25, 0.3) is 95.6 Å². The molecule has 0 amide bonds. The van der Waals surface area contributed by atoms with Crippen LogP contribution < -0.4 is 58.2 Å². The molecule has 640 valence electrons. The lowest BCUT2D eigenvalue weighted by molar-refractivity contribution is 0.297. The van der Waals surface area contributed by atoms with Gasteiger partial charge < -0.3 is 40.4 Å². The first-order chi connectivity index (χ1) is 60.1. The van der Waals surface area contributed by atoms with Gasteiger partial charge in [-0.3, -0.25) is 56.7 Å². The molecule has 0 radical (unpaired) electrons. The molecule has 30 heteroatoms. The standard InChI is InChI=1S/C26H30N6O.C24H28N6O.C23H25N7O.C22H23N7O/c1-7-19-22-10-21(29-32(22)14-16(2)27-19)20-11-24(33)31-15-17(8-9-23(31)28-20)18-12-25(3,4)30-26(5,6)13-18;1-5-20-22-8-18(13-29(22)12-17(4)26-20)21-9-24(31)30-14-19(6-7-23(30)27-21)28-10-15(2)25-16(3)11-28;1-3-18-21-6-20(27-30(21)10-14(2)25-18)19-7-23(31)29-13-17(4-5-22(29)26-19)28-11-15-8-24-9-16(15)12-28;1-13-9-29-20(14(2)24-13)5-19(26-29)18-6-22(30)28-12-17(3-4-21(28)25-18)27-10-15-7-23-8-16(15)11-27/h8-12,14-15,30H,7,13H2,1-6H3;6-9,12-16,25H,5,10-11H2,1-4H3;4-7,10,13,15-16,24H,3,8-9,11-12H2,1-2H3;3-6,9,12,15-16,23H,7-8,10-11H2,1-2H3/t;3*15-,16+. The van der Waals surface area contributed by atoms with Gasteiger partial charge in [0, 0.05) is 156 Å². The first-order valence-corrected chi connectivity index (χ1v) is 43.7. The maximum Gasteiger partial charge on any atom is 0.258 e. The minimum absolute atomic E-state index is 0.0245. The number of nitrogens with one attached hydrogen (secondary N) is 4. The third kappa shape index (κ3) is 16.2. The minimum atomic E-state index is -0.119. The zero-order valence-electron chi connectivity index (χ0n) is 73.3. The van der Waals surface area contributed by atoms with E-state index in [1.165, 1.54) is 5.57 Å². The van der Waals surface area contributed by atoms with Crippen LogP contribution in [0.4, 0.5) is 17.1 Å². The predicted molar refractivity (Wildman–Crippen MR) is 490 cm³/mol. The molecule has 0 aromatic carbocycles. The molecule has 5 saturated heterocycles. The second-order valence-corrected chi connectivity index (χ2v) is 36.1. The van der Waals surface area contributed by atoms with Gasteiger partial charge in [-0.15, -0.1) is 0 Å². The second-order valence-electron chi connectivity index (χ2n) is 36.1. The predicted octanol–water partition coefficient (Wildman–Crippen LogP) is 10.9. The third-order valence-corrected chi connectivity index (χ3v) is 25.2. The van der Waals surface area contributed by atoms with Crippen LogP contribution in [-0.4, -0.2) is 179 Å². The largest absolute Gasteiger partial charge is 0.370 e. The highest BCUT2D eigenvalue weighted by Gasteiger charge is 2.39. The molecule has 0 aliphatic carbocycles. The maximum atomic E-state index is 13.1. The van der Waals surface area contributed by atoms with E-state index in [9.17, 15) is 19.2 Å². The van der Waals surface area contributed by atoms with Crippen LogP contribution in [0.2, 0.25) is 0 Å². The smallest absolute Gasteiger partial charge is 0.258 e. The molecule has 0 saturated carbocycles. The molecule has 6 atom stereocenters. The van der Waals surface area contributed by atoms with Crippen molar-refractivity contribution in [1.29, 1.82) is 0 Å². The lowest BCUT2D eigenvalue weighted by Crippen LogP contribution is -2.54. The molecule has 0 bridgehead atoms. The molecular weight excluding hydrogens is 1570 g/mol. The van der Waals surface area contributed by atoms with Crippen LogP contribution in [0.1, 0.15) is 120 Å². The molecular formula is C95H106N26O4. The molecule has 30 nitrogen and oxygen atoms in total. The van der Waals surface area contributed by atoms with E-state index in [4.69, 9.17) is 19.9 Å². The number of hydrogen-bond donors (Lipinski definition) is 4. The number of anilines is 3.